The summed E-state index contributed by atoms with van der Waals surface area (Å²) in [5, 5.41) is 0. The molecule has 0 aromatic carbocycles. The fraction of sp³-hybridized carbons (Fsp3) is 0. The van der Waals surface area contributed by atoms with Crippen LogP contribution in [0.2, 0.25) is 0 Å². The van der Waals surface area contributed by atoms with Crippen molar-refractivity contribution in [2.45, 2.75) is 0 Å². The first kappa shape index (κ1) is 112. The molecule has 0 aromatic heterocycles. The zero-order valence-corrected chi connectivity index (χ0v) is 14.6. The molecule has 9 heavy (non-hydrogen) atoms. The van der Waals surface area contributed by atoms with Crippen molar-refractivity contribution < 1.29 is 63.2 Å². The van der Waals surface area contributed by atoms with E-state index < -0.39 is 0 Å². The third kappa shape index (κ3) is 72.5. The summed E-state index contributed by atoms with van der Waals surface area (Å²) in [5.41, 5.74) is 0. The Morgan fingerprint density at radius 1 is 0.222 bits per heavy atom. The Kier molecular flexibility index (Phi) is 1090. The van der Waals surface area contributed by atoms with E-state index in [4.69, 9.17) is 0 Å². The van der Waals surface area contributed by atoms with Gasteiger partial charge in [0.15, 0.2) is 0 Å². The van der Waals surface area contributed by atoms with E-state index in [1.54, 1.807) is 0 Å². The summed E-state index contributed by atoms with van der Waals surface area (Å²) in [5.74, 6) is 0. The van der Waals surface area contributed by atoms with Crippen LogP contribution in [-0.4, -0.2) is 0 Å². The fourth-order valence-electron chi connectivity index (χ4n) is 0. The van der Waals surface area contributed by atoms with Crippen molar-refractivity contribution in [3.8, 4) is 0 Å². The van der Waals surface area contributed by atoms with Crippen LogP contribution in [0.4, 0.5) is 0 Å². The van der Waals surface area contributed by atoms with Gasteiger partial charge in [-0.3, -0.25) is 0 Å². The molecular formula is Mo3S6. The molecule has 0 aliphatic rings. The van der Waals surface area contributed by atoms with E-state index >= 15 is 0 Å². The van der Waals surface area contributed by atoms with Crippen LogP contribution in [-0.2, 0) is 144 Å². The Hall–Kier alpha value is 4.16. The average Bonchev–Trinajstić information content (AvgIpc) is 0. The molecule has 0 radical (unpaired) electrons. The molecule has 0 saturated carbocycles. The van der Waals surface area contributed by atoms with Gasteiger partial charge in [0.1, 0.15) is 0 Å². The van der Waals surface area contributed by atoms with Crippen LogP contribution >= 0.6 is 0 Å². The Morgan fingerprint density at radius 3 is 0.222 bits per heavy atom. The topological polar surface area (TPSA) is 0 Å². The van der Waals surface area contributed by atoms with Gasteiger partial charge in [-0.15, -0.1) is 0 Å². The first-order chi connectivity index (χ1) is 0. The molecule has 0 aromatic rings. The largest absolute Gasteiger partial charge is 4.00 e. The second-order valence-corrected chi connectivity index (χ2v) is 0. The molecule has 0 atom stereocenters. The minimum absolute atomic E-state index is 0. The summed E-state index contributed by atoms with van der Waals surface area (Å²) in [6, 6.07) is 0. The predicted octanol–water partition coefficient (Wildman–Crippen LogP) is -0.0219. The Labute approximate surface area is 142 Å². The SMILES string of the molecule is [Mo+4].[Mo+4].[Mo+4].[S-2].[S-2].[S-2].[S-2].[S-2].[S-2]. The van der Waals surface area contributed by atoms with Gasteiger partial charge in [0.2, 0.25) is 0 Å². The minimum atomic E-state index is 0. The first-order valence-corrected chi connectivity index (χ1v) is 0. The first-order valence-electron chi connectivity index (χ1n) is 0. The molecule has 0 aliphatic carbocycles. The Bertz CT molecular complexity index is 8.26. The molecule has 0 heterocycles. The van der Waals surface area contributed by atoms with E-state index in [0.717, 1.165) is 0 Å². The van der Waals surface area contributed by atoms with Gasteiger partial charge in [0.05, 0.1) is 0 Å². The quantitative estimate of drug-likeness (QED) is 0.428. The van der Waals surface area contributed by atoms with Gasteiger partial charge in [-0.25, -0.2) is 0 Å². The van der Waals surface area contributed by atoms with E-state index in [0.29, 0.717) is 0 Å². The van der Waals surface area contributed by atoms with Gasteiger partial charge < -0.3 is 81.0 Å². The molecular weight excluding hydrogens is 480 g/mol. The van der Waals surface area contributed by atoms with Crippen LogP contribution in [0.3, 0.4) is 0 Å². The maximum atomic E-state index is 0. The normalized spacial score (nSPS) is 0. The van der Waals surface area contributed by atoms with Crippen molar-refractivity contribution >= 4 is 81.0 Å². The molecule has 0 saturated heterocycles. The summed E-state index contributed by atoms with van der Waals surface area (Å²) in [6.07, 6.45) is 0. The minimum Gasteiger partial charge on any atom is -2.00 e. The van der Waals surface area contributed by atoms with Gasteiger partial charge in [-0.1, -0.05) is 0 Å². The monoisotopic (exact) mass is 486 g/mol. The number of hydrogen-bond acceptors (Lipinski definition) is 0. The smallest absolute Gasteiger partial charge is 2.00 e. The van der Waals surface area contributed by atoms with Crippen molar-refractivity contribution in [1.29, 1.82) is 0 Å². The second kappa shape index (κ2) is 87.4. The predicted molar refractivity (Wildman–Crippen MR) is 44.2 cm³/mol. The van der Waals surface area contributed by atoms with E-state index in [1.807, 2.05) is 0 Å². The van der Waals surface area contributed by atoms with Crippen LogP contribution in [0.1, 0.15) is 0 Å². The van der Waals surface area contributed by atoms with E-state index in [9.17, 15) is 0 Å². The van der Waals surface area contributed by atoms with Crippen molar-refractivity contribution in [2.75, 3.05) is 0 Å². The molecule has 0 rings (SSSR count). The van der Waals surface area contributed by atoms with Crippen molar-refractivity contribution in [1.82, 2.24) is 0 Å². The van der Waals surface area contributed by atoms with Crippen LogP contribution < -0.4 is 0 Å². The molecule has 0 unspecified atom stereocenters. The zero-order chi connectivity index (χ0) is 0. The van der Waals surface area contributed by atoms with Gasteiger partial charge in [-0.2, -0.15) is 0 Å². The summed E-state index contributed by atoms with van der Waals surface area (Å²) >= 11 is 0. The molecule has 0 N–H and O–H groups in total. The average molecular weight is 480 g/mol. The maximum absolute atomic E-state index is 0. The summed E-state index contributed by atoms with van der Waals surface area (Å²) in [6.45, 7) is 0. The van der Waals surface area contributed by atoms with Crippen LogP contribution in [0, 0.1) is 0 Å². The van der Waals surface area contributed by atoms with Crippen molar-refractivity contribution in [2.24, 2.45) is 0 Å². The van der Waals surface area contributed by atoms with E-state index in [2.05, 4.69) is 0 Å². The summed E-state index contributed by atoms with van der Waals surface area (Å²) < 4.78 is 0. The maximum Gasteiger partial charge on any atom is 4.00 e. The molecule has 0 nitrogen and oxygen atoms in total. The third-order valence-electron chi connectivity index (χ3n) is 0. The number of rotatable bonds is 0. The fourth-order valence-corrected chi connectivity index (χ4v) is 0. The third-order valence-corrected chi connectivity index (χ3v) is 0. The van der Waals surface area contributed by atoms with Gasteiger partial charge in [0.25, 0.3) is 0 Å². The Balaban J connectivity index is 0. The van der Waals surface area contributed by atoms with Gasteiger partial charge in [-0.05, 0) is 0 Å². The molecule has 0 spiro atoms. The van der Waals surface area contributed by atoms with E-state index in [1.165, 1.54) is 0 Å². The number of hydrogen-bond donors (Lipinski definition) is 0. The molecule has 9 heteroatoms. The molecule has 0 fully saturated rings. The van der Waals surface area contributed by atoms with Crippen molar-refractivity contribution in [3.05, 3.63) is 0 Å². The second-order valence-electron chi connectivity index (χ2n) is 0. The van der Waals surface area contributed by atoms with Crippen molar-refractivity contribution in [3.63, 3.8) is 0 Å². The summed E-state index contributed by atoms with van der Waals surface area (Å²) in [7, 11) is 0. The summed E-state index contributed by atoms with van der Waals surface area (Å²) in [4.78, 5) is 0. The van der Waals surface area contributed by atoms with E-state index in [-0.39, 0.29) is 144 Å². The van der Waals surface area contributed by atoms with Crippen LogP contribution in [0.25, 0.3) is 0 Å². The Morgan fingerprint density at radius 2 is 0.222 bits per heavy atom. The van der Waals surface area contributed by atoms with Crippen LogP contribution in [0.5, 0.6) is 0 Å². The van der Waals surface area contributed by atoms with Gasteiger partial charge >= 0.3 is 63.2 Å². The molecule has 54 valence electrons. The molecule has 0 bridgehead atoms. The molecule has 0 aliphatic heterocycles. The van der Waals surface area contributed by atoms with Crippen LogP contribution in [0.15, 0.2) is 0 Å². The van der Waals surface area contributed by atoms with Gasteiger partial charge in [0, 0.05) is 0 Å². The zero-order valence-electron chi connectivity index (χ0n) is 3.67. The molecule has 0 amide bonds. The standard InChI is InChI=1S/3Mo.6S/q3*+4;6*-2.